The molecule has 0 aliphatic heterocycles. The second-order valence-electron chi connectivity index (χ2n) is 2.89. The Labute approximate surface area is 83.7 Å². The Morgan fingerprint density at radius 2 is 2.46 bits per heavy atom. The predicted octanol–water partition coefficient (Wildman–Crippen LogP) is 1.69. The fourth-order valence-electron chi connectivity index (χ4n) is 1.22. The third-order valence-electron chi connectivity index (χ3n) is 1.79. The summed E-state index contributed by atoms with van der Waals surface area (Å²) in [7, 11) is 0. The van der Waals surface area contributed by atoms with Gasteiger partial charge < -0.3 is 5.73 Å². The van der Waals surface area contributed by atoms with Gasteiger partial charge in [-0.15, -0.1) is 17.9 Å². The van der Waals surface area contributed by atoms with Gasteiger partial charge in [-0.25, -0.2) is 0 Å². The summed E-state index contributed by atoms with van der Waals surface area (Å²) in [6, 6.07) is 4.23. The largest absolute Gasteiger partial charge is 0.329 e. The lowest BCUT2D eigenvalue weighted by molar-refractivity contribution is 0.306. The first-order valence-corrected chi connectivity index (χ1v) is 5.30. The van der Waals surface area contributed by atoms with Crippen molar-refractivity contribution in [1.29, 1.82) is 0 Å². The van der Waals surface area contributed by atoms with Gasteiger partial charge in [0.2, 0.25) is 0 Å². The maximum Gasteiger partial charge on any atom is 0.0331 e. The van der Waals surface area contributed by atoms with Gasteiger partial charge >= 0.3 is 0 Å². The molecule has 0 spiro atoms. The average Bonchev–Trinajstić information content (AvgIpc) is 2.58. The normalized spacial score (nSPS) is 10.6. The maximum absolute atomic E-state index is 5.52. The van der Waals surface area contributed by atoms with E-state index in [9.17, 15) is 0 Å². The van der Waals surface area contributed by atoms with Crippen LogP contribution in [0.3, 0.4) is 0 Å². The smallest absolute Gasteiger partial charge is 0.0331 e. The van der Waals surface area contributed by atoms with Crippen molar-refractivity contribution in [3.8, 4) is 0 Å². The van der Waals surface area contributed by atoms with Crippen LogP contribution in [-0.4, -0.2) is 24.5 Å². The highest BCUT2D eigenvalue weighted by Gasteiger charge is 2.02. The Hall–Kier alpha value is -0.640. The Morgan fingerprint density at radius 3 is 3.00 bits per heavy atom. The van der Waals surface area contributed by atoms with Crippen LogP contribution < -0.4 is 5.73 Å². The number of hydrogen-bond acceptors (Lipinski definition) is 3. The Morgan fingerprint density at radius 1 is 1.62 bits per heavy atom. The molecule has 0 saturated heterocycles. The van der Waals surface area contributed by atoms with Crippen LogP contribution in [0.5, 0.6) is 0 Å². The van der Waals surface area contributed by atoms with Crippen LogP contribution in [0.4, 0.5) is 0 Å². The van der Waals surface area contributed by atoms with Crippen molar-refractivity contribution in [2.75, 3.05) is 19.6 Å². The van der Waals surface area contributed by atoms with E-state index in [1.807, 2.05) is 6.08 Å². The molecule has 0 aromatic carbocycles. The molecule has 0 fully saturated rings. The van der Waals surface area contributed by atoms with Crippen LogP contribution in [0.15, 0.2) is 30.2 Å². The second-order valence-corrected chi connectivity index (χ2v) is 3.92. The zero-order valence-corrected chi connectivity index (χ0v) is 8.59. The lowest BCUT2D eigenvalue weighted by Gasteiger charge is -2.18. The van der Waals surface area contributed by atoms with Crippen molar-refractivity contribution in [2.45, 2.75) is 6.54 Å². The molecule has 1 heterocycles. The van der Waals surface area contributed by atoms with E-state index in [0.717, 1.165) is 19.6 Å². The van der Waals surface area contributed by atoms with Gasteiger partial charge in [0.15, 0.2) is 0 Å². The standard InChI is InChI=1S/C10H16N2S/c1-2-6-12(7-5-11)9-10-4-3-8-13-10/h2-4,8H,1,5-7,9,11H2. The van der Waals surface area contributed by atoms with Crippen LogP contribution in [0.1, 0.15) is 4.88 Å². The Bertz CT molecular complexity index is 231. The van der Waals surface area contributed by atoms with E-state index in [1.54, 1.807) is 11.3 Å². The molecule has 0 atom stereocenters. The van der Waals surface area contributed by atoms with Crippen LogP contribution in [0, 0.1) is 0 Å². The SMILES string of the molecule is C=CCN(CCN)Cc1cccs1. The van der Waals surface area contributed by atoms with Gasteiger partial charge in [-0.1, -0.05) is 12.1 Å². The molecule has 2 nitrogen and oxygen atoms in total. The minimum absolute atomic E-state index is 0.708. The Balaban J connectivity index is 2.42. The third-order valence-corrected chi connectivity index (χ3v) is 2.65. The molecule has 1 aromatic heterocycles. The average molecular weight is 196 g/mol. The van der Waals surface area contributed by atoms with Gasteiger partial charge in [-0.3, -0.25) is 4.90 Å². The van der Waals surface area contributed by atoms with E-state index < -0.39 is 0 Å². The van der Waals surface area contributed by atoms with Crippen LogP contribution in [0.2, 0.25) is 0 Å². The fraction of sp³-hybridized carbons (Fsp3) is 0.400. The minimum atomic E-state index is 0.708. The number of nitrogens with two attached hydrogens (primary N) is 1. The molecular weight excluding hydrogens is 180 g/mol. The molecule has 3 heteroatoms. The number of thiophene rings is 1. The first-order chi connectivity index (χ1) is 6.36. The second kappa shape index (κ2) is 5.91. The first kappa shape index (κ1) is 10.4. The van der Waals surface area contributed by atoms with Crippen molar-refractivity contribution in [2.24, 2.45) is 5.73 Å². The summed E-state index contributed by atoms with van der Waals surface area (Å²) in [4.78, 5) is 3.68. The van der Waals surface area contributed by atoms with Gasteiger partial charge in [0.1, 0.15) is 0 Å². The van der Waals surface area contributed by atoms with Gasteiger partial charge in [0.25, 0.3) is 0 Å². The van der Waals surface area contributed by atoms with Crippen molar-refractivity contribution in [1.82, 2.24) is 4.90 Å². The van der Waals surface area contributed by atoms with Gasteiger partial charge in [-0.2, -0.15) is 0 Å². The molecule has 0 bridgehead atoms. The number of nitrogens with zero attached hydrogens (tertiary/aromatic N) is 1. The summed E-state index contributed by atoms with van der Waals surface area (Å²) >= 11 is 1.79. The highest BCUT2D eigenvalue weighted by Crippen LogP contribution is 2.11. The monoisotopic (exact) mass is 196 g/mol. The Kier molecular flexibility index (Phi) is 4.75. The summed E-state index contributed by atoms with van der Waals surface area (Å²) in [5.74, 6) is 0. The van der Waals surface area contributed by atoms with Crippen LogP contribution in [0.25, 0.3) is 0 Å². The summed E-state index contributed by atoms with van der Waals surface area (Å²) in [6.45, 7) is 7.27. The van der Waals surface area contributed by atoms with Crippen LogP contribution >= 0.6 is 11.3 Å². The van der Waals surface area contributed by atoms with E-state index in [-0.39, 0.29) is 0 Å². The quantitative estimate of drug-likeness (QED) is 0.702. The summed E-state index contributed by atoms with van der Waals surface area (Å²) in [5.41, 5.74) is 5.52. The molecule has 2 N–H and O–H groups in total. The lowest BCUT2D eigenvalue weighted by Crippen LogP contribution is -2.28. The minimum Gasteiger partial charge on any atom is -0.329 e. The molecule has 0 aliphatic rings. The third kappa shape index (κ3) is 3.72. The molecule has 0 aliphatic carbocycles. The highest BCUT2D eigenvalue weighted by atomic mass is 32.1. The van der Waals surface area contributed by atoms with E-state index in [0.29, 0.717) is 6.54 Å². The molecule has 0 amide bonds. The highest BCUT2D eigenvalue weighted by molar-refractivity contribution is 7.09. The molecule has 13 heavy (non-hydrogen) atoms. The molecule has 72 valence electrons. The number of hydrogen-bond donors (Lipinski definition) is 1. The zero-order valence-electron chi connectivity index (χ0n) is 7.78. The molecule has 0 unspecified atom stereocenters. The molecule has 0 saturated carbocycles. The van der Waals surface area contributed by atoms with Crippen molar-refractivity contribution in [3.63, 3.8) is 0 Å². The lowest BCUT2D eigenvalue weighted by atomic mass is 10.4. The first-order valence-electron chi connectivity index (χ1n) is 4.42. The fourth-order valence-corrected chi connectivity index (χ4v) is 1.97. The predicted molar refractivity (Wildman–Crippen MR) is 58.8 cm³/mol. The van der Waals surface area contributed by atoms with Crippen molar-refractivity contribution in [3.05, 3.63) is 35.0 Å². The number of rotatable bonds is 6. The summed E-state index contributed by atoms with van der Waals surface area (Å²) < 4.78 is 0. The molecular formula is C10H16N2S. The topological polar surface area (TPSA) is 29.3 Å². The van der Waals surface area contributed by atoms with Crippen LogP contribution in [-0.2, 0) is 6.54 Å². The van der Waals surface area contributed by atoms with Gasteiger partial charge in [0, 0.05) is 31.1 Å². The van der Waals surface area contributed by atoms with Gasteiger partial charge in [-0.05, 0) is 11.4 Å². The summed E-state index contributed by atoms with van der Waals surface area (Å²) in [6.07, 6.45) is 1.92. The molecule has 1 rings (SSSR count). The van der Waals surface area contributed by atoms with Crippen molar-refractivity contribution >= 4 is 11.3 Å². The van der Waals surface area contributed by atoms with E-state index in [2.05, 4.69) is 29.0 Å². The van der Waals surface area contributed by atoms with Gasteiger partial charge in [0.05, 0.1) is 0 Å². The zero-order chi connectivity index (χ0) is 9.52. The van der Waals surface area contributed by atoms with E-state index in [1.165, 1.54) is 4.88 Å². The maximum atomic E-state index is 5.52. The molecule has 0 radical (unpaired) electrons. The van der Waals surface area contributed by atoms with Crippen molar-refractivity contribution < 1.29 is 0 Å². The summed E-state index contributed by atoms with van der Waals surface area (Å²) in [5, 5.41) is 2.10. The van der Waals surface area contributed by atoms with E-state index >= 15 is 0 Å². The van der Waals surface area contributed by atoms with E-state index in [4.69, 9.17) is 5.73 Å². The molecule has 1 aromatic rings.